The molecule has 23 heavy (non-hydrogen) atoms. The zero-order valence-corrected chi connectivity index (χ0v) is 15.6. The summed E-state index contributed by atoms with van der Waals surface area (Å²) in [5.41, 5.74) is 0.826. The monoisotopic (exact) mass is 403 g/mol. The predicted molar refractivity (Wildman–Crippen MR) is 98.0 cm³/mol. The van der Waals surface area contributed by atoms with Crippen LogP contribution in [0, 0.1) is 5.92 Å². The third-order valence-electron chi connectivity index (χ3n) is 3.67. The van der Waals surface area contributed by atoms with Gasteiger partial charge in [0.1, 0.15) is 0 Å². The first-order chi connectivity index (χ1) is 10.6. The summed E-state index contributed by atoms with van der Waals surface area (Å²) in [6, 6.07) is 7.58. The van der Waals surface area contributed by atoms with Crippen molar-refractivity contribution in [1.29, 1.82) is 0 Å². The van der Waals surface area contributed by atoms with Gasteiger partial charge >= 0.3 is 0 Å². The van der Waals surface area contributed by atoms with Gasteiger partial charge < -0.3 is 15.5 Å². The molecule has 1 aromatic rings. The van der Waals surface area contributed by atoms with Crippen molar-refractivity contribution in [3.05, 3.63) is 28.7 Å². The minimum absolute atomic E-state index is 0. The smallest absolute Gasteiger partial charge is 0.227 e. The molecule has 1 fully saturated rings. The Morgan fingerprint density at radius 1 is 1.30 bits per heavy atom. The topological polar surface area (TPSA) is 61.4 Å². The van der Waals surface area contributed by atoms with Crippen LogP contribution in [0.4, 0.5) is 5.69 Å². The van der Waals surface area contributed by atoms with Gasteiger partial charge in [0.25, 0.3) is 0 Å². The fraction of sp³-hybridized carbons (Fsp3) is 0.500. The molecule has 0 radical (unpaired) electrons. The number of hydrogen-bond acceptors (Lipinski definition) is 3. The molecule has 0 aromatic heterocycles. The van der Waals surface area contributed by atoms with Crippen LogP contribution in [0.25, 0.3) is 0 Å². The number of anilines is 1. The molecule has 1 heterocycles. The number of halogens is 2. The number of hydrogen-bond donors (Lipinski definition) is 2. The van der Waals surface area contributed by atoms with Crippen molar-refractivity contribution in [3.63, 3.8) is 0 Å². The third kappa shape index (κ3) is 5.48. The molecular formula is C16H23BrClN3O2. The fourth-order valence-corrected chi connectivity index (χ4v) is 3.01. The van der Waals surface area contributed by atoms with Gasteiger partial charge in [0.05, 0.1) is 11.6 Å². The van der Waals surface area contributed by atoms with E-state index in [2.05, 4.69) is 33.5 Å². The number of nitrogens with zero attached hydrogens (tertiary/aromatic N) is 1. The van der Waals surface area contributed by atoms with Crippen LogP contribution in [0.3, 0.4) is 0 Å². The van der Waals surface area contributed by atoms with E-state index < -0.39 is 0 Å². The summed E-state index contributed by atoms with van der Waals surface area (Å²) >= 11 is 3.45. The summed E-state index contributed by atoms with van der Waals surface area (Å²) in [6.07, 6.45) is 1.35. The van der Waals surface area contributed by atoms with Crippen LogP contribution in [0.15, 0.2) is 28.7 Å². The summed E-state index contributed by atoms with van der Waals surface area (Å²) in [5.74, 6) is -0.317. The van der Waals surface area contributed by atoms with E-state index >= 15 is 0 Å². The number of nitrogens with one attached hydrogen (secondary N) is 2. The summed E-state index contributed by atoms with van der Waals surface area (Å²) in [4.78, 5) is 26.0. The second kappa shape index (κ2) is 9.90. The van der Waals surface area contributed by atoms with Crippen molar-refractivity contribution in [1.82, 2.24) is 10.6 Å². The summed E-state index contributed by atoms with van der Waals surface area (Å²) in [7, 11) is 0. The van der Waals surface area contributed by atoms with E-state index in [0.29, 0.717) is 13.1 Å². The maximum atomic E-state index is 12.2. The third-order valence-corrected chi connectivity index (χ3v) is 4.34. The summed E-state index contributed by atoms with van der Waals surface area (Å²) in [5, 5.41) is 6.13. The Hall–Kier alpha value is -1.11. The number of rotatable bonds is 7. The highest BCUT2D eigenvalue weighted by atomic mass is 79.9. The maximum absolute atomic E-state index is 12.2. The summed E-state index contributed by atoms with van der Waals surface area (Å²) in [6.45, 7) is 4.85. The van der Waals surface area contributed by atoms with Gasteiger partial charge in [-0.1, -0.05) is 19.1 Å². The average molecular weight is 405 g/mol. The second-order valence-electron chi connectivity index (χ2n) is 5.40. The molecule has 1 aliphatic rings. The van der Waals surface area contributed by atoms with Crippen LogP contribution < -0.4 is 15.5 Å². The van der Waals surface area contributed by atoms with Gasteiger partial charge in [0.15, 0.2) is 0 Å². The highest BCUT2D eigenvalue weighted by Crippen LogP contribution is 2.31. The SMILES string of the molecule is CCCNCCNC(=O)C1CC(=O)N(c2ccccc2Br)C1.Cl. The first-order valence-electron chi connectivity index (χ1n) is 7.66. The van der Waals surface area contributed by atoms with Crippen LogP contribution in [0.2, 0.25) is 0 Å². The Morgan fingerprint density at radius 2 is 2.04 bits per heavy atom. The van der Waals surface area contributed by atoms with Crippen molar-refractivity contribution in [2.75, 3.05) is 31.1 Å². The highest BCUT2D eigenvalue weighted by Gasteiger charge is 2.35. The predicted octanol–water partition coefficient (Wildman–Crippen LogP) is 2.34. The molecule has 2 rings (SSSR count). The van der Waals surface area contributed by atoms with E-state index in [1.165, 1.54) is 0 Å². The zero-order valence-electron chi connectivity index (χ0n) is 13.2. The second-order valence-corrected chi connectivity index (χ2v) is 6.25. The van der Waals surface area contributed by atoms with Gasteiger partial charge in [0, 0.05) is 30.5 Å². The normalized spacial score (nSPS) is 17.0. The lowest BCUT2D eigenvalue weighted by atomic mass is 10.1. The number of amides is 2. The molecular weight excluding hydrogens is 382 g/mol. The zero-order chi connectivity index (χ0) is 15.9. The Balaban J connectivity index is 0.00000264. The molecule has 0 bridgehead atoms. The molecule has 0 spiro atoms. The van der Waals surface area contributed by atoms with E-state index in [1.54, 1.807) is 4.90 Å². The molecule has 0 aliphatic carbocycles. The quantitative estimate of drug-likeness (QED) is 0.686. The molecule has 1 saturated heterocycles. The van der Waals surface area contributed by atoms with Gasteiger partial charge in [-0.05, 0) is 41.0 Å². The van der Waals surface area contributed by atoms with Crippen LogP contribution in [-0.2, 0) is 9.59 Å². The molecule has 1 aromatic carbocycles. The molecule has 7 heteroatoms. The van der Waals surface area contributed by atoms with Crippen LogP contribution >= 0.6 is 28.3 Å². The number of carbonyl (C=O) groups is 2. The average Bonchev–Trinajstić information content (AvgIpc) is 2.89. The number of benzene rings is 1. The van der Waals surface area contributed by atoms with Crippen molar-refractivity contribution in [2.45, 2.75) is 19.8 Å². The molecule has 0 saturated carbocycles. The van der Waals surface area contributed by atoms with Crippen molar-refractivity contribution in [2.24, 2.45) is 5.92 Å². The lowest BCUT2D eigenvalue weighted by Gasteiger charge is -2.18. The molecule has 5 nitrogen and oxygen atoms in total. The molecule has 1 atom stereocenters. The van der Waals surface area contributed by atoms with Gasteiger partial charge in [-0.15, -0.1) is 12.4 Å². The standard InChI is InChI=1S/C16H22BrN3O2.ClH/c1-2-7-18-8-9-19-16(22)12-10-15(21)20(11-12)14-6-4-3-5-13(14)17;/h3-6,12,18H,2,7-11H2,1H3,(H,19,22);1H. The molecule has 1 aliphatic heterocycles. The first-order valence-corrected chi connectivity index (χ1v) is 8.46. The van der Waals surface area contributed by atoms with Crippen molar-refractivity contribution < 1.29 is 9.59 Å². The van der Waals surface area contributed by atoms with Gasteiger partial charge in [-0.25, -0.2) is 0 Å². The Kier molecular flexibility index (Phi) is 8.58. The maximum Gasteiger partial charge on any atom is 0.227 e. The van der Waals surface area contributed by atoms with Crippen LogP contribution in [-0.4, -0.2) is 38.0 Å². The van der Waals surface area contributed by atoms with Crippen molar-refractivity contribution >= 4 is 45.8 Å². The van der Waals surface area contributed by atoms with E-state index in [9.17, 15) is 9.59 Å². The van der Waals surface area contributed by atoms with Crippen LogP contribution in [0.1, 0.15) is 19.8 Å². The minimum atomic E-state index is -0.272. The van der Waals surface area contributed by atoms with E-state index in [4.69, 9.17) is 0 Å². The van der Waals surface area contributed by atoms with Gasteiger partial charge in [0.2, 0.25) is 11.8 Å². The molecule has 1 unspecified atom stereocenters. The highest BCUT2D eigenvalue weighted by molar-refractivity contribution is 9.10. The largest absolute Gasteiger partial charge is 0.355 e. The Bertz CT molecular complexity index is 542. The lowest BCUT2D eigenvalue weighted by molar-refractivity contribution is -0.126. The van der Waals surface area contributed by atoms with Crippen LogP contribution in [0.5, 0.6) is 0 Å². The number of para-hydroxylation sites is 1. The fourth-order valence-electron chi connectivity index (χ4n) is 2.51. The number of carbonyl (C=O) groups excluding carboxylic acids is 2. The van der Waals surface area contributed by atoms with Gasteiger partial charge in [-0.3, -0.25) is 9.59 Å². The first kappa shape index (κ1) is 19.9. The Labute approximate surface area is 151 Å². The van der Waals surface area contributed by atoms with E-state index in [0.717, 1.165) is 29.7 Å². The van der Waals surface area contributed by atoms with Crippen molar-refractivity contribution in [3.8, 4) is 0 Å². The van der Waals surface area contributed by atoms with E-state index in [-0.39, 0.29) is 36.6 Å². The Morgan fingerprint density at radius 3 is 2.74 bits per heavy atom. The molecule has 2 N–H and O–H groups in total. The van der Waals surface area contributed by atoms with E-state index in [1.807, 2.05) is 24.3 Å². The van der Waals surface area contributed by atoms with Gasteiger partial charge in [-0.2, -0.15) is 0 Å². The lowest BCUT2D eigenvalue weighted by Crippen LogP contribution is -2.37. The molecule has 2 amide bonds. The molecule has 128 valence electrons. The minimum Gasteiger partial charge on any atom is -0.355 e. The summed E-state index contributed by atoms with van der Waals surface area (Å²) < 4.78 is 0.869.